The number of aliphatic hydroxyl groups is 1. The molecule has 0 saturated heterocycles. The highest BCUT2D eigenvalue weighted by Gasteiger charge is 2.25. The Balaban J connectivity index is 1.46. The minimum atomic E-state index is -1.06. The second kappa shape index (κ2) is 10.6. The van der Waals surface area contributed by atoms with Crippen LogP contribution in [-0.4, -0.2) is 31.9 Å². The van der Waals surface area contributed by atoms with Gasteiger partial charge >= 0.3 is 0 Å². The van der Waals surface area contributed by atoms with E-state index in [-0.39, 0.29) is 11.9 Å². The van der Waals surface area contributed by atoms with Gasteiger partial charge in [0.25, 0.3) is 5.91 Å². The van der Waals surface area contributed by atoms with Crippen LogP contribution in [0.25, 0.3) is 5.69 Å². The van der Waals surface area contributed by atoms with E-state index < -0.39 is 5.60 Å². The largest absolute Gasteiger partial charge is 0.378 e. The van der Waals surface area contributed by atoms with Gasteiger partial charge in [-0.05, 0) is 56.9 Å². The number of aryl methyl sites for hydroxylation is 1. The van der Waals surface area contributed by atoms with Crippen molar-refractivity contribution in [1.82, 2.24) is 20.3 Å². The number of nitrogens with one attached hydrogen (secondary N) is 2. The first kappa shape index (κ1) is 25.0. The molecule has 0 unspecified atom stereocenters. The summed E-state index contributed by atoms with van der Waals surface area (Å²) in [7, 11) is 0. The molecule has 3 aromatic rings. The summed E-state index contributed by atoms with van der Waals surface area (Å²) in [6.07, 6.45) is 5.72. The number of amides is 1. The van der Waals surface area contributed by atoms with E-state index in [0.717, 1.165) is 34.6 Å². The van der Waals surface area contributed by atoms with E-state index in [0.29, 0.717) is 24.3 Å². The van der Waals surface area contributed by atoms with Gasteiger partial charge in [0.2, 0.25) is 0 Å². The zero-order valence-electron chi connectivity index (χ0n) is 20.9. The lowest BCUT2D eigenvalue weighted by molar-refractivity contribution is -0.115. The van der Waals surface area contributed by atoms with Crippen LogP contribution in [0.15, 0.2) is 78.3 Å². The predicted octanol–water partition coefficient (Wildman–Crippen LogP) is 3.82. The Hall–Kier alpha value is -4.15. The van der Waals surface area contributed by atoms with Crippen LogP contribution in [0.4, 0.5) is 0 Å². The number of aromatic nitrogens is 2. The number of benzene rings is 2. The van der Waals surface area contributed by atoms with Crippen molar-refractivity contribution in [1.29, 1.82) is 0 Å². The minimum absolute atomic E-state index is 0.266. The van der Waals surface area contributed by atoms with Crippen LogP contribution in [0.3, 0.4) is 0 Å². The third-order valence-corrected chi connectivity index (χ3v) is 5.82. The molecule has 0 fully saturated rings. The van der Waals surface area contributed by atoms with Crippen LogP contribution in [0, 0.1) is 11.8 Å². The number of rotatable bonds is 6. The molecule has 0 radical (unpaired) electrons. The SMILES string of the molecule is C=C(Cc1ccccc1)N/N=C(\C)C(=O)N[C@H]1CCc2ccc(C#CC(C)(C)O)cc2-n2ccnc21. The third-order valence-electron chi connectivity index (χ3n) is 5.82. The summed E-state index contributed by atoms with van der Waals surface area (Å²) in [6, 6.07) is 15.7. The molecule has 0 bridgehead atoms. The van der Waals surface area contributed by atoms with Crippen LogP contribution in [0.1, 0.15) is 55.7 Å². The molecule has 1 aliphatic heterocycles. The molecule has 3 N–H and O–H groups in total. The summed E-state index contributed by atoms with van der Waals surface area (Å²) >= 11 is 0. The first-order valence-corrected chi connectivity index (χ1v) is 11.9. The molecule has 0 spiro atoms. The normalized spacial score (nSPS) is 15.0. The quantitative estimate of drug-likeness (QED) is 0.284. The fourth-order valence-electron chi connectivity index (χ4n) is 4.00. The van der Waals surface area contributed by atoms with Crippen LogP contribution >= 0.6 is 0 Å². The topological polar surface area (TPSA) is 91.5 Å². The summed E-state index contributed by atoms with van der Waals surface area (Å²) < 4.78 is 2.00. The Morgan fingerprint density at radius 3 is 2.81 bits per heavy atom. The summed E-state index contributed by atoms with van der Waals surface area (Å²) in [6.45, 7) is 8.99. The van der Waals surface area contributed by atoms with Gasteiger partial charge in [-0.3, -0.25) is 10.2 Å². The number of hydrogen-bond donors (Lipinski definition) is 3. The molecule has 2 heterocycles. The molecular weight excluding hydrogens is 450 g/mol. The molecule has 1 aromatic heterocycles. The Labute approximate surface area is 212 Å². The van der Waals surface area contributed by atoms with Crippen molar-refractivity contribution in [3.63, 3.8) is 0 Å². The van der Waals surface area contributed by atoms with E-state index in [2.05, 4.69) is 39.2 Å². The average molecular weight is 482 g/mol. The maximum absolute atomic E-state index is 12.9. The van der Waals surface area contributed by atoms with Gasteiger partial charge in [0.1, 0.15) is 17.1 Å². The summed E-state index contributed by atoms with van der Waals surface area (Å²) in [5, 5.41) is 17.3. The summed E-state index contributed by atoms with van der Waals surface area (Å²) in [5.74, 6) is 6.39. The van der Waals surface area contributed by atoms with Crippen LogP contribution in [0.2, 0.25) is 0 Å². The van der Waals surface area contributed by atoms with Crippen molar-refractivity contribution in [2.75, 3.05) is 0 Å². The molecule has 0 saturated carbocycles. The lowest BCUT2D eigenvalue weighted by Gasteiger charge is -2.17. The third kappa shape index (κ3) is 6.29. The number of nitrogens with zero attached hydrogens (tertiary/aromatic N) is 3. The number of hydrogen-bond acceptors (Lipinski definition) is 5. The minimum Gasteiger partial charge on any atom is -0.378 e. The maximum atomic E-state index is 12.9. The lowest BCUT2D eigenvalue weighted by Crippen LogP contribution is -2.35. The second-order valence-electron chi connectivity index (χ2n) is 9.45. The van der Waals surface area contributed by atoms with Gasteiger partial charge in [0.15, 0.2) is 0 Å². The number of carbonyl (C=O) groups is 1. The Morgan fingerprint density at radius 2 is 2.06 bits per heavy atom. The standard InChI is InChI=1S/C29H31N5O2/c1-20(18-22-8-6-5-7-9-22)32-33-21(2)28(35)31-25-13-12-24-11-10-23(14-15-29(3,4)36)19-26(24)34-17-16-30-27(25)34/h5-11,16-17,19,25,32,36H,1,12-13,18H2,2-4H3,(H,31,35)/b33-21+/t25-/m0/s1. The van der Waals surface area contributed by atoms with Crippen LogP contribution in [-0.2, 0) is 17.6 Å². The molecule has 1 amide bonds. The van der Waals surface area contributed by atoms with Gasteiger partial charge in [-0.1, -0.05) is 54.8 Å². The lowest BCUT2D eigenvalue weighted by atomic mass is 10.0. The number of imidazole rings is 1. The van der Waals surface area contributed by atoms with Crippen molar-refractivity contribution in [2.45, 2.75) is 51.7 Å². The maximum Gasteiger partial charge on any atom is 0.267 e. The summed E-state index contributed by atoms with van der Waals surface area (Å²) in [5.41, 5.74) is 6.90. The number of hydrazone groups is 1. The van der Waals surface area contributed by atoms with E-state index in [1.165, 1.54) is 0 Å². The van der Waals surface area contributed by atoms with Crippen molar-refractivity contribution in [2.24, 2.45) is 5.10 Å². The van der Waals surface area contributed by atoms with Gasteiger partial charge in [-0.15, -0.1) is 0 Å². The fourth-order valence-corrected chi connectivity index (χ4v) is 4.00. The zero-order chi connectivity index (χ0) is 25.7. The van der Waals surface area contributed by atoms with Gasteiger partial charge in [-0.25, -0.2) is 4.98 Å². The van der Waals surface area contributed by atoms with E-state index in [9.17, 15) is 9.90 Å². The fraction of sp³-hybridized carbons (Fsp3) is 0.276. The Kier molecular flexibility index (Phi) is 7.37. The molecule has 2 aromatic carbocycles. The van der Waals surface area contributed by atoms with E-state index >= 15 is 0 Å². The monoisotopic (exact) mass is 481 g/mol. The van der Waals surface area contributed by atoms with Crippen molar-refractivity contribution in [3.8, 4) is 17.5 Å². The van der Waals surface area contributed by atoms with Gasteiger partial charge in [0, 0.05) is 30.1 Å². The summed E-state index contributed by atoms with van der Waals surface area (Å²) in [4.78, 5) is 17.5. The van der Waals surface area contributed by atoms with E-state index in [1.807, 2.05) is 59.3 Å². The highest BCUT2D eigenvalue weighted by atomic mass is 16.3. The molecule has 4 rings (SSSR count). The highest BCUT2D eigenvalue weighted by Crippen LogP contribution is 2.29. The molecular formula is C29H31N5O2. The molecule has 36 heavy (non-hydrogen) atoms. The molecule has 1 atom stereocenters. The molecule has 184 valence electrons. The van der Waals surface area contributed by atoms with Crippen molar-refractivity contribution >= 4 is 11.6 Å². The first-order valence-electron chi connectivity index (χ1n) is 11.9. The molecule has 7 nitrogen and oxygen atoms in total. The zero-order valence-corrected chi connectivity index (χ0v) is 20.9. The highest BCUT2D eigenvalue weighted by molar-refractivity contribution is 6.37. The van der Waals surface area contributed by atoms with Crippen LogP contribution in [0.5, 0.6) is 0 Å². The predicted molar refractivity (Wildman–Crippen MR) is 141 cm³/mol. The first-order chi connectivity index (χ1) is 17.2. The van der Waals surface area contributed by atoms with Gasteiger partial charge in [0.05, 0.1) is 11.7 Å². The smallest absolute Gasteiger partial charge is 0.267 e. The average Bonchev–Trinajstić information content (AvgIpc) is 3.29. The second-order valence-corrected chi connectivity index (χ2v) is 9.45. The number of allylic oxidation sites excluding steroid dienone is 1. The van der Waals surface area contributed by atoms with Crippen molar-refractivity contribution in [3.05, 3.63) is 95.7 Å². The Bertz CT molecular complexity index is 1350. The number of fused-ring (bicyclic) bond motifs is 3. The van der Waals surface area contributed by atoms with E-state index in [4.69, 9.17) is 0 Å². The van der Waals surface area contributed by atoms with Gasteiger partial charge in [-0.2, -0.15) is 5.10 Å². The molecule has 0 aliphatic carbocycles. The Morgan fingerprint density at radius 1 is 1.28 bits per heavy atom. The van der Waals surface area contributed by atoms with E-state index in [1.54, 1.807) is 27.0 Å². The van der Waals surface area contributed by atoms with Gasteiger partial charge < -0.3 is 15.0 Å². The van der Waals surface area contributed by atoms with Crippen molar-refractivity contribution < 1.29 is 9.90 Å². The number of carbonyl (C=O) groups excluding carboxylic acids is 1. The molecule has 7 heteroatoms. The van der Waals surface area contributed by atoms with Crippen LogP contribution < -0.4 is 10.7 Å². The molecule has 1 aliphatic rings.